The molecule has 3 aromatic rings. The van der Waals surface area contributed by atoms with Gasteiger partial charge in [-0.25, -0.2) is 0 Å². The van der Waals surface area contributed by atoms with Gasteiger partial charge < -0.3 is 9.30 Å². The summed E-state index contributed by atoms with van der Waals surface area (Å²) in [5, 5.41) is 8.61. The van der Waals surface area contributed by atoms with Crippen molar-refractivity contribution in [2.24, 2.45) is 0 Å². The van der Waals surface area contributed by atoms with E-state index >= 15 is 0 Å². The molecule has 5 heteroatoms. The molecular formula is C14H18N4O. The maximum atomic E-state index is 5.13. The molecule has 0 radical (unpaired) electrons. The van der Waals surface area contributed by atoms with E-state index in [2.05, 4.69) is 50.4 Å². The van der Waals surface area contributed by atoms with Crippen LogP contribution in [0.15, 0.2) is 24.3 Å². The minimum Gasteiger partial charge on any atom is -0.385 e. The lowest BCUT2D eigenvalue weighted by atomic mass is 10.3. The number of aryl methyl sites for hydroxylation is 2. The van der Waals surface area contributed by atoms with E-state index in [4.69, 9.17) is 4.74 Å². The molecule has 0 amide bonds. The average Bonchev–Trinajstić information content (AvgIpc) is 2.98. The molecule has 0 aliphatic heterocycles. The Labute approximate surface area is 111 Å². The molecule has 0 atom stereocenters. The lowest BCUT2D eigenvalue weighted by Gasteiger charge is -2.03. The van der Waals surface area contributed by atoms with Gasteiger partial charge in [-0.3, -0.25) is 4.40 Å². The zero-order valence-corrected chi connectivity index (χ0v) is 11.3. The maximum absolute atomic E-state index is 5.13. The molecule has 1 aromatic carbocycles. The largest absolute Gasteiger partial charge is 0.385 e. The van der Waals surface area contributed by atoms with Crippen LogP contribution >= 0.6 is 0 Å². The van der Waals surface area contributed by atoms with Crippen LogP contribution in [0.5, 0.6) is 0 Å². The first-order valence-electron chi connectivity index (χ1n) is 6.67. The van der Waals surface area contributed by atoms with E-state index in [1.807, 2.05) is 0 Å². The van der Waals surface area contributed by atoms with E-state index in [0.717, 1.165) is 37.6 Å². The third kappa shape index (κ3) is 1.90. The number of rotatable bonds is 5. The minimum absolute atomic E-state index is 0.757. The van der Waals surface area contributed by atoms with Crippen LogP contribution in [-0.2, 0) is 17.7 Å². The minimum atomic E-state index is 0.757. The molecule has 2 heterocycles. The number of para-hydroxylation sites is 2. The van der Waals surface area contributed by atoms with Crippen LogP contribution in [0.3, 0.4) is 0 Å². The average molecular weight is 258 g/mol. The van der Waals surface area contributed by atoms with E-state index in [9.17, 15) is 0 Å². The van der Waals surface area contributed by atoms with Gasteiger partial charge in [0, 0.05) is 26.7 Å². The van der Waals surface area contributed by atoms with E-state index in [-0.39, 0.29) is 0 Å². The van der Waals surface area contributed by atoms with Gasteiger partial charge in [0.05, 0.1) is 11.0 Å². The molecule has 3 rings (SSSR count). The van der Waals surface area contributed by atoms with Crippen molar-refractivity contribution in [1.29, 1.82) is 0 Å². The third-order valence-electron chi connectivity index (χ3n) is 3.41. The quantitative estimate of drug-likeness (QED) is 0.659. The summed E-state index contributed by atoms with van der Waals surface area (Å²) in [6.07, 6.45) is 1.85. The summed E-state index contributed by atoms with van der Waals surface area (Å²) in [5.41, 5.74) is 2.38. The molecule has 0 spiro atoms. The Kier molecular flexibility index (Phi) is 3.21. The van der Waals surface area contributed by atoms with Crippen molar-refractivity contribution in [1.82, 2.24) is 19.2 Å². The number of ether oxygens (including phenoxy) is 1. The van der Waals surface area contributed by atoms with E-state index in [1.54, 1.807) is 7.11 Å². The zero-order chi connectivity index (χ0) is 13.2. The highest BCUT2D eigenvalue weighted by Gasteiger charge is 2.14. The van der Waals surface area contributed by atoms with Gasteiger partial charge in [-0.15, -0.1) is 10.2 Å². The summed E-state index contributed by atoms with van der Waals surface area (Å²) in [5.74, 6) is 1.94. The van der Waals surface area contributed by atoms with Crippen molar-refractivity contribution in [3.63, 3.8) is 0 Å². The number of imidazole rings is 1. The van der Waals surface area contributed by atoms with Gasteiger partial charge in [0.2, 0.25) is 5.78 Å². The predicted octanol–water partition coefficient (Wildman–Crippen LogP) is 2.28. The summed E-state index contributed by atoms with van der Waals surface area (Å²) in [6.45, 7) is 3.76. The molecule has 19 heavy (non-hydrogen) atoms. The summed E-state index contributed by atoms with van der Waals surface area (Å²) in [4.78, 5) is 0. The smallest absolute Gasteiger partial charge is 0.236 e. The molecule has 0 unspecified atom stereocenters. The van der Waals surface area contributed by atoms with Crippen molar-refractivity contribution in [2.45, 2.75) is 26.3 Å². The second-order valence-corrected chi connectivity index (χ2v) is 4.59. The fourth-order valence-corrected chi connectivity index (χ4v) is 2.53. The van der Waals surface area contributed by atoms with Gasteiger partial charge in [-0.1, -0.05) is 19.1 Å². The van der Waals surface area contributed by atoms with Gasteiger partial charge in [0.25, 0.3) is 0 Å². The number of nitrogens with zero attached hydrogens (tertiary/aromatic N) is 4. The van der Waals surface area contributed by atoms with Crippen LogP contribution < -0.4 is 0 Å². The number of aromatic nitrogens is 4. The summed E-state index contributed by atoms with van der Waals surface area (Å²) < 4.78 is 9.51. The Balaban J connectivity index is 2.18. The number of benzene rings is 1. The SMILES string of the molecule is CCc1nnc2n(CCCOC)c3ccccc3n12. The standard InChI is InChI=1S/C14H18N4O/c1-3-13-15-16-14-17(9-6-10-19-2)11-7-4-5-8-12(11)18(13)14/h4-5,7-8H,3,6,9-10H2,1-2H3. The Morgan fingerprint density at radius 3 is 2.68 bits per heavy atom. The van der Waals surface area contributed by atoms with Crippen LogP contribution in [0.2, 0.25) is 0 Å². The summed E-state index contributed by atoms with van der Waals surface area (Å²) in [7, 11) is 1.73. The molecule has 5 nitrogen and oxygen atoms in total. The van der Waals surface area contributed by atoms with Crippen LogP contribution in [-0.4, -0.2) is 32.9 Å². The molecular weight excluding hydrogens is 240 g/mol. The van der Waals surface area contributed by atoms with Crippen molar-refractivity contribution in [3.8, 4) is 0 Å². The first kappa shape index (κ1) is 12.2. The second-order valence-electron chi connectivity index (χ2n) is 4.59. The molecule has 0 N–H and O–H groups in total. The molecule has 0 saturated carbocycles. The van der Waals surface area contributed by atoms with Crippen molar-refractivity contribution >= 4 is 16.8 Å². The van der Waals surface area contributed by atoms with E-state index < -0.39 is 0 Å². The van der Waals surface area contributed by atoms with Crippen LogP contribution in [0.4, 0.5) is 0 Å². The number of fused-ring (bicyclic) bond motifs is 3. The maximum Gasteiger partial charge on any atom is 0.236 e. The Morgan fingerprint density at radius 1 is 1.16 bits per heavy atom. The Morgan fingerprint density at radius 2 is 1.95 bits per heavy atom. The Bertz CT molecular complexity index is 698. The highest BCUT2D eigenvalue weighted by atomic mass is 16.5. The van der Waals surface area contributed by atoms with Crippen molar-refractivity contribution in [2.75, 3.05) is 13.7 Å². The van der Waals surface area contributed by atoms with Crippen LogP contribution in [0.1, 0.15) is 19.2 Å². The van der Waals surface area contributed by atoms with Gasteiger partial charge in [-0.05, 0) is 18.6 Å². The van der Waals surface area contributed by atoms with Crippen molar-refractivity contribution < 1.29 is 4.74 Å². The highest BCUT2D eigenvalue weighted by Crippen LogP contribution is 2.21. The zero-order valence-electron chi connectivity index (χ0n) is 11.3. The lowest BCUT2D eigenvalue weighted by molar-refractivity contribution is 0.191. The van der Waals surface area contributed by atoms with Gasteiger partial charge in [0.15, 0.2) is 0 Å². The summed E-state index contributed by atoms with van der Waals surface area (Å²) in [6, 6.07) is 8.38. The number of methoxy groups -OCH3 is 1. The van der Waals surface area contributed by atoms with E-state index in [0.29, 0.717) is 0 Å². The van der Waals surface area contributed by atoms with Crippen molar-refractivity contribution in [3.05, 3.63) is 30.1 Å². The van der Waals surface area contributed by atoms with Gasteiger partial charge in [0.1, 0.15) is 5.82 Å². The van der Waals surface area contributed by atoms with Gasteiger partial charge in [-0.2, -0.15) is 0 Å². The molecule has 0 aliphatic rings. The topological polar surface area (TPSA) is 44.3 Å². The first-order chi connectivity index (χ1) is 9.36. The normalized spacial score (nSPS) is 11.7. The fraction of sp³-hybridized carbons (Fsp3) is 0.429. The first-order valence-corrected chi connectivity index (χ1v) is 6.67. The molecule has 0 saturated heterocycles. The number of hydrogen-bond acceptors (Lipinski definition) is 3. The Hall–Kier alpha value is -1.88. The lowest BCUT2D eigenvalue weighted by Crippen LogP contribution is -2.02. The highest BCUT2D eigenvalue weighted by molar-refractivity contribution is 5.80. The van der Waals surface area contributed by atoms with Crippen LogP contribution in [0.25, 0.3) is 16.8 Å². The number of hydrogen-bond donors (Lipinski definition) is 0. The summed E-state index contributed by atoms with van der Waals surface area (Å²) >= 11 is 0. The molecule has 0 bridgehead atoms. The third-order valence-corrected chi connectivity index (χ3v) is 3.41. The molecule has 2 aromatic heterocycles. The van der Waals surface area contributed by atoms with Gasteiger partial charge >= 0.3 is 0 Å². The second kappa shape index (κ2) is 5.01. The molecule has 0 aliphatic carbocycles. The molecule has 100 valence electrons. The predicted molar refractivity (Wildman–Crippen MR) is 74.4 cm³/mol. The monoisotopic (exact) mass is 258 g/mol. The van der Waals surface area contributed by atoms with Crippen LogP contribution in [0, 0.1) is 0 Å². The van der Waals surface area contributed by atoms with E-state index in [1.165, 1.54) is 11.0 Å². The fourth-order valence-electron chi connectivity index (χ4n) is 2.53. The molecule has 0 fully saturated rings.